The van der Waals surface area contributed by atoms with Gasteiger partial charge in [-0.05, 0) is 12.8 Å². The molecule has 0 radical (unpaired) electrons. The smallest absolute Gasteiger partial charge is 0.781 e. The SMILES string of the molecule is CCCCO[PH](=O)[O-].CCCCO[PH](=O)[O-].[Na+].[Na+]. The summed E-state index contributed by atoms with van der Waals surface area (Å²) in [6.45, 7) is 4.65. The van der Waals surface area contributed by atoms with Crippen LogP contribution in [0.3, 0.4) is 0 Å². The minimum atomic E-state index is -2.91. The zero-order chi connectivity index (χ0) is 12.8. The van der Waals surface area contributed by atoms with E-state index in [2.05, 4.69) is 9.05 Å². The second-order valence-corrected chi connectivity index (χ2v) is 4.48. The first kappa shape index (κ1) is 28.5. The maximum absolute atomic E-state index is 9.73. The van der Waals surface area contributed by atoms with Crippen molar-refractivity contribution >= 4 is 16.5 Å². The van der Waals surface area contributed by atoms with E-state index in [0.717, 1.165) is 25.7 Å². The molecule has 0 aliphatic heterocycles. The Bertz CT molecular complexity index is 176. The number of rotatable bonds is 8. The molecule has 0 fully saturated rings. The van der Waals surface area contributed by atoms with Crippen LogP contribution in [-0.4, -0.2) is 13.2 Å². The van der Waals surface area contributed by atoms with Crippen LogP contribution in [0.15, 0.2) is 0 Å². The van der Waals surface area contributed by atoms with Crippen LogP contribution in [0, 0.1) is 0 Å². The van der Waals surface area contributed by atoms with Crippen molar-refractivity contribution in [2.45, 2.75) is 39.5 Å². The molecule has 0 N–H and O–H groups in total. The third-order valence-electron chi connectivity index (χ3n) is 1.44. The Morgan fingerprint density at radius 1 is 0.833 bits per heavy atom. The van der Waals surface area contributed by atoms with E-state index < -0.39 is 16.5 Å². The van der Waals surface area contributed by atoms with Crippen LogP contribution in [0.5, 0.6) is 0 Å². The van der Waals surface area contributed by atoms with Gasteiger partial charge in [0.1, 0.15) is 16.5 Å². The standard InChI is InChI=1S/2C4H11O3P.2Na/c2*1-2-3-4-7-8(5)6;;/h2*8H,2-4H2,1H3,(H,5,6);;/q;;2*+1/p-2. The van der Waals surface area contributed by atoms with E-state index >= 15 is 0 Å². The predicted octanol–water partition coefficient (Wildman–Crippen LogP) is -4.89. The van der Waals surface area contributed by atoms with Crippen LogP contribution in [-0.2, 0) is 18.2 Å². The van der Waals surface area contributed by atoms with Crippen molar-refractivity contribution in [3.63, 3.8) is 0 Å². The molecule has 0 heterocycles. The zero-order valence-electron chi connectivity index (χ0n) is 11.7. The van der Waals surface area contributed by atoms with Gasteiger partial charge in [-0.15, -0.1) is 0 Å². The van der Waals surface area contributed by atoms with E-state index in [-0.39, 0.29) is 59.1 Å². The Morgan fingerprint density at radius 2 is 1.11 bits per heavy atom. The fourth-order valence-corrected chi connectivity index (χ4v) is 1.22. The molecule has 6 nitrogen and oxygen atoms in total. The maximum Gasteiger partial charge on any atom is 1.00 e. The quantitative estimate of drug-likeness (QED) is 0.253. The Balaban J connectivity index is -0.0000000980. The summed E-state index contributed by atoms with van der Waals surface area (Å²) in [6, 6.07) is 0. The van der Waals surface area contributed by atoms with Gasteiger partial charge in [0.2, 0.25) is 0 Å². The van der Waals surface area contributed by atoms with Crippen molar-refractivity contribution in [1.29, 1.82) is 0 Å². The van der Waals surface area contributed by atoms with Crippen molar-refractivity contribution in [3.8, 4) is 0 Å². The number of hydrogen-bond donors (Lipinski definition) is 0. The molecule has 0 aromatic heterocycles. The molecule has 0 bridgehead atoms. The first-order valence-corrected chi connectivity index (χ1v) is 7.67. The van der Waals surface area contributed by atoms with Crippen molar-refractivity contribution < 1.29 is 87.1 Å². The summed E-state index contributed by atoms with van der Waals surface area (Å²) in [4.78, 5) is 19.5. The van der Waals surface area contributed by atoms with Crippen LogP contribution >= 0.6 is 16.5 Å². The molecule has 2 unspecified atom stereocenters. The average molecular weight is 320 g/mol. The summed E-state index contributed by atoms with van der Waals surface area (Å²) >= 11 is 0. The number of unbranched alkanes of at least 4 members (excludes halogenated alkanes) is 2. The second kappa shape index (κ2) is 24.3. The van der Waals surface area contributed by atoms with Crippen LogP contribution in [0.1, 0.15) is 39.5 Å². The van der Waals surface area contributed by atoms with E-state index in [1.807, 2.05) is 13.8 Å². The first-order valence-electron chi connectivity index (χ1n) is 5.22. The van der Waals surface area contributed by atoms with Crippen LogP contribution in [0.4, 0.5) is 0 Å². The molecule has 2 atom stereocenters. The van der Waals surface area contributed by atoms with Gasteiger partial charge in [-0.2, -0.15) is 0 Å². The maximum atomic E-state index is 9.73. The largest absolute Gasteiger partial charge is 1.00 e. The Hall–Kier alpha value is 2.30. The van der Waals surface area contributed by atoms with Crippen LogP contribution in [0.2, 0.25) is 0 Å². The zero-order valence-corrected chi connectivity index (χ0v) is 17.7. The fraction of sp³-hybridized carbons (Fsp3) is 1.00. The van der Waals surface area contributed by atoms with Gasteiger partial charge in [-0.1, -0.05) is 26.7 Å². The molecule has 0 aromatic rings. The predicted molar refractivity (Wildman–Crippen MR) is 59.7 cm³/mol. The van der Waals surface area contributed by atoms with Gasteiger partial charge in [0, 0.05) is 0 Å². The van der Waals surface area contributed by atoms with Gasteiger partial charge in [0.25, 0.3) is 0 Å². The van der Waals surface area contributed by atoms with Crippen molar-refractivity contribution in [2.75, 3.05) is 13.2 Å². The molecule has 0 spiro atoms. The van der Waals surface area contributed by atoms with Gasteiger partial charge in [0.05, 0.1) is 13.2 Å². The van der Waals surface area contributed by atoms with E-state index in [0.29, 0.717) is 13.2 Å². The minimum Gasteiger partial charge on any atom is -0.781 e. The van der Waals surface area contributed by atoms with E-state index in [1.54, 1.807) is 0 Å². The third-order valence-corrected chi connectivity index (χ3v) is 2.32. The molecule has 0 aromatic carbocycles. The summed E-state index contributed by atoms with van der Waals surface area (Å²) in [7, 11) is -5.81. The van der Waals surface area contributed by atoms with Gasteiger partial charge in [0.15, 0.2) is 0 Å². The molecule has 100 valence electrons. The second-order valence-electron chi connectivity index (χ2n) is 2.90. The van der Waals surface area contributed by atoms with Gasteiger partial charge >= 0.3 is 59.1 Å². The molecular weight excluding hydrogens is 300 g/mol. The third kappa shape index (κ3) is 36.2. The van der Waals surface area contributed by atoms with E-state index in [9.17, 15) is 18.9 Å². The summed E-state index contributed by atoms with van der Waals surface area (Å²) in [6.07, 6.45) is 3.57. The average Bonchev–Trinajstić information content (AvgIpc) is 2.18. The summed E-state index contributed by atoms with van der Waals surface area (Å²) in [5.41, 5.74) is 0. The number of hydrogen-bond acceptors (Lipinski definition) is 6. The summed E-state index contributed by atoms with van der Waals surface area (Å²) < 4.78 is 28.0. The van der Waals surface area contributed by atoms with E-state index in [1.165, 1.54) is 0 Å². The molecular formula is C8H20Na2O6P2. The van der Waals surface area contributed by atoms with Crippen LogP contribution < -0.4 is 68.9 Å². The molecule has 18 heavy (non-hydrogen) atoms. The summed E-state index contributed by atoms with van der Waals surface area (Å²) in [5, 5.41) is 0. The first-order chi connectivity index (χ1) is 7.54. The fourth-order valence-electron chi connectivity index (χ4n) is 0.600. The van der Waals surface area contributed by atoms with Crippen molar-refractivity contribution in [3.05, 3.63) is 0 Å². The Kier molecular flexibility index (Phi) is 38.5. The molecule has 10 heteroatoms. The Morgan fingerprint density at radius 3 is 1.28 bits per heavy atom. The molecule has 0 aliphatic carbocycles. The molecule has 0 saturated heterocycles. The normalized spacial score (nSPS) is 12.2. The van der Waals surface area contributed by atoms with Crippen LogP contribution in [0.25, 0.3) is 0 Å². The van der Waals surface area contributed by atoms with Gasteiger partial charge < -0.3 is 28.0 Å². The Labute approximate surface area is 155 Å². The molecule has 0 aliphatic rings. The summed E-state index contributed by atoms with van der Waals surface area (Å²) in [5.74, 6) is 0. The molecule has 0 amide bonds. The topological polar surface area (TPSA) is 98.7 Å². The molecule has 0 rings (SSSR count). The van der Waals surface area contributed by atoms with Gasteiger partial charge in [-0.3, -0.25) is 0 Å². The van der Waals surface area contributed by atoms with Crippen molar-refractivity contribution in [1.82, 2.24) is 0 Å². The minimum absolute atomic E-state index is 0. The monoisotopic (exact) mass is 320 g/mol. The molecule has 0 saturated carbocycles. The van der Waals surface area contributed by atoms with Gasteiger partial charge in [-0.25, -0.2) is 0 Å². The van der Waals surface area contributed by atoms with Crippen molar-refractivity contribution in [2.24, 2.45) is 0 Å². The van der Waals surface area contributed by atoms with E-state index in [4.69, 9.17) is 0 Å².